The number of alkyl halides is 1. The number of hydrogen-bond acceptors (Lipinski definition) is 3. The molecule has 5 heteroatoms. The minimum Gasteiger partial charge on any atom is -0.297 e. The highest BCUT2D eigenvalue weighted by Crippen LogP contribution is 2.20. The number of aryl methyl sites for hydroxylation is 2. The van der Waals surface area contributed by atoms with Crippen molar-refractivity contribution in [3.05, 3.63) is 46.6 Å². The molecule has 0 unspecified atom stereocenters. The van der Waals surface area contributed by atoms with Crippen molar-refractivity contribution in [2.45, 2.75) is 13.5 Å². The van der Waals surface area contributed by atoms with E-state index in [0.29, 0.717) is 23.3 Å². The van der Waals surface area contributed by atoms with E-state index < -0.39 is 0 Å². The van der Waals surface area contributed by atoms with Gasteiger partial charge >= 0.3 is 0 Å². The van der Waals surface area contributed by atoms with Crippen molar-refractivity contribution >= 4 is 33.4 Å². The first kappa shape index (κ1) is 12.1. The molecule has 19 heavy (non-hydrogen) atoms. The van der Waals surface area contributed by atoms with Crippen LogP contribution in [-0.2, 0) is 6.54 Å². The predicted octanol–water partition coefficient (Wildman–Crippen LogP) is 2.49. The Balaban J connectivity index is 2.41. The van der Waals surface area contributed by atoms with Gasteiger partial charge in [-0.05, 0) is 19.1 Å². The van der Waals surface area contributed by atoms with Crippen LogP contribution >= 0.6 is 11.6 Å². The number of halogens is 1. The number of fused-ring (bicyclic) bond motifs is 3. The molecular weight excluding hydrogens is 262 g/mol. The molecule has 0 fully saturated rings. The lowest BCUT2D eigenvalue weighted by Gasteiger charge is -2.06. The monoisotopic (exact) mass is 273 g/mol. The largest absolute Gasteiger partial charge is 0.297 e. The Kier molecular flexibility index (Phi) is 2.95. The maximum absolute atomic E-state index is 12.3. The summed E-state index contributed by atoms with van der Waals surface area (Å²) in [7, 11) is 0. The quantitative estimate of drug-likeness (QED) is 0.532. The first-order valence-corrected chi connectivity index (χ1v) is 6.54. The van der Waals surface area contributed by atoms with Crippen LogP contribution in [0.15, 0.2) is 35.5 Å². The maximum atomic E-state index is 12.3. The Labute approximate surface area is 114 Å². The molecule has 2 aromatic heterocycles. The van der Waals surface area contributed by atoms with Gasteiger partial charge in [0.05, 0.1) is 22.7 Å². The molecule has 0 aliphatic heterocycles. The van der Waals surface area contributed by atoms with Crippen molar-refractivity contribution in [2.24, 2.45) is 0 Å². The van der Waals surface area contributed by atoms with Gasteiger partial charge in [0.1, 0.15) is 0 Å². The molecule has 3 rings (SSSR count). The number of hydrogen-bond donors (Lipinski definition) is 0. The second-order valence-corrected chi connectivity index (χ2v) is 4.85. The SMILES string of the molecule is Cc1ccc2ncc3c(=O)n(CCCl)cnc3c2c1. The van der Waals surface area contributed by atoms with Crippen LogP contribution in [0, 0.1) is 6.92 Å². The molecule has 0 bridgehead atoms. The molecule has 96 valence electrons. The fourth-order valence-electron chi connectivity index (χ4n) is 2.17. The maximum Gasteiger partial charge on any atom is 0.262 e. The van der Waals surface area contributed by atoms with Crippen LogP contribution in [0.2, 0.25) is 0 Å². The zero-order valence-electron chi connectivity index (χ0n) is 10.4. The molecule has 0 N–H and O–H groups in total. The third-order valence-electron chi connectivity index (χ3n) is 3.14. The van der Waals surface area contributed by atoms with Crippen molar-refractivity contribution in [3.8, 4) is 0 Å². The molecule has 0 spiro atoms. The van der Waals surface area contributed by atoms with Gasteiger partial charge < -0.3 is 0 Å². The Morgan fingerprint density at radius 3 is 2.89 bits per heavy atom. The van der Waals surface area contributed by atoms with E-state index in [1.54, 1.807) is 12.5 Å². The normalized spacial score (nSPS) is 11.3. The van der Waals surface area contributed by atoms with Crippen LogP contribution < -0.4 is 5.56 Å². The second kappa shape index (κ2) is 4.63. The summed E-state index contributed by atoms with van der Waals surface area (Å²) in [5.74, 6) is 0.382. The molecule has 0 atom stereocenters. The number of rotatable bonds is 2. The average Bonchev–Trinajstić information content (AvgIpc) is 2.42. The summed E-state index contributed by atoms with van der Waals surface area (Å²) in [6.07, 6.45) is 3.14. The van der Waals surface area contributed by atoms with Crippen LogP contribution in [0.3, 0.4) is 0 Å². The number of benzene rings is 1. The minimum atomic E-state index is -0.0958. The highest BCUT2D eigenvalue weighted by molar-refractivity contribution is 6.17. The number of pyridine rings is 1. The molecule has 0 aliphatic carbocycles. The second-order valence-electron chi connectivity index (χ2n) is 4.47. The van der Waals surface area contributed by atoms with Crippen molar-refractivity contribution in [3.63, 3.8) is 0 Å². The van der Waals surface area contributed by atoms with Gasteiger partial charge in [0, 0.05) is 24.0 Å². The molecule has 0 saturated heterocycles. The van der Waals surface area contributed by atoms with Crippen molar-refractivity contribution in [2.75, 3.05) is 5.88 Å². The van der Waals surface area contributed by atoms with Gasteiger partial charge in [-0.3, -0.25) is 14.3 Å². The third-order valence-corrected chi connectivity index (χ3v) is 3.31. The van der Waals surface area contributed by atoms with Gasteiger partial charge in [-0.1, -0.05) is 11.6 Å². The van der Waals surface area contributed by atoms with Gasteiger partial charge in [-0.15, -0.1) is 11.6 Å². The van der Waals surface area contributed by atoms with E-state index in [1.807, 2.05) is 25.1 Å². The summed E-state index contributed by atoms with van der Waals surface area (Å²) in [6, 6.07) is 5.94. The molecule has 2 heterocycles. The lowest BCUT2D eigenvalue weighted by molar-refractivity contribution is 0.722. The Hall–Kier alpha value is -1.94. The van der Waals surface area contributed by atoms with Gasteiger partial charge in [-0.25, -0.2) is 4.98 Å². The fraction of sp³-hybridized carbons (Fsp3) is 0.214. The zero-order valence-corrected chi connectivity index (χ0v) is 11.2. The topological polar surface area (TPSA) is 47.8 Å². The summed E-state index contributed by atoms with van der Waals surface area (Å²) in [4.78, 5) is 21.0. The summed E-state index contributed by atoms with van der Waals surface area (Å²) in [5, 5.41) is 1.44. The van der Waals surface area contributed by atoms with Gasteiger partial charge in [0.25, 0.3) is 5.56 Å². The van der Waals surface area contributed by atoms with Gasteiger partial charge in [0.15, 0.2) is 0 Å². The van der Waals surface area contributed by atoms with Crippen molar-refractivity contribution in [1.29, 1.82) is 0 Å². The van der Waals surface area contributed by atoms with E-state index in [4.69, 9.17) is 11.6 Å². The van der Waals surface area contributed by atoms with Crippen LogP contribution in [0.1, 0.15) is 5.56 Å². The van der Waals surface area contributed by atoms with Crippen LogP contribution in [-0.4, -0.2) is 20.4 Å². The highest BCUT2D eigenvalue weighted by atomic mass is 35.5. The molecule has 0 radical (unpaired) electrons. The third kappa shape index (κ3) is 1.98. The molecule has 0 amide bonds. The zero-order chi connectivity index (χ0) is 13.4. The highest BCUT2D eigenvalue weighted by Gasteiger charge is 2.08. The lowest BCUT2D eigenvalue weighted by atomic mass is 10.1. The van der Waals surface area contributed by atoms with E-state index in [2.05, 4.69) is 9.97 Å². The summed E-state index contributed by atoms with van der Waals surface area (Å²) in [6.45, 7) is 2.46. The first-order valence-electron chi connectivity index (χ1n) is 6.01. The van der Waals surface area contributed by atoms with Gasteiger partial charge in [0.2, 0.25) is 0 Å². The molecule has 0 aliphatic rings. The van der Waals surface area contributed by atoms with Crippen LogP contribution in [0.5, 0.6) is 0 Å². The number of nitrogens with zero attached hydrogens (tertiary/aromatic N) is 3. The molecule has 3 aromatic rings. The lowest BCUT2D eigenvalue weighted by Crippen LogP contribution is -2.21. The summed E-state index contributed by atoms with van der Waals surface area (Å²) >= 11 is 5.67. The molecule has 0 saturated carbocycles. The number of aromatic nitrogens is 3. The van der Waals surface area contributed by atoms with E-state index in [-0.39, 0.29) is 5.56 Å². The smallest absolute Gasteiger partial charge is 0.262 e. The summed E-state index contributed by atoms with van der Waals surface area (Å²) in [5.41, 5.74) is 2.57. The van der Waals surface area contributed by atoms with Crippen molar-refractivity contribution in [1.82, 2.24) is 14.5 Å². The van der Waals surface area contributed by atoms with Crippen LogP contribution in [0.25, 0.3) is 21.8 Å². The van der Waals surface area contributed by atoms with Crippen LogP contribution in [0.4, 0.5) is 0 Å². The molecule has 4 nitrogen and oxygen atoms in total. The van der Waals surface area contributed by atoms with E-state index in [1.165, 1.54) is 4.57 Å². The Morgan fingerprint density at radius 2 is 2.11 bits per heavy atom. The average molecular weight is 274 g/mol. The Bertz CT molecular complexity index is 826. The fourth-order valence-corrected chi connectivity index (χ4v) is 2.36. The first-order chi connectivity index (χ1) is 9.20. The van der Waals surface area contributed by atoms with Gasteiger partial charge in [-0.2, -0.15) is 0 Å². The predicted molar refractivity (Wildman–Crippen MR) is 76.8 cm³/mol. The standard InChI is InChI=1S/C14H12ClN3O/c1-9-2-3-12-10(6-9)13-11(7-16-12)14(19)18(5-4-15)8-17-13/h2-3,6-8H,4-5H2,1H3. The summed E-state index contributed by atoms with van der Waals surface area (Å²) < 4.78 is 1.51. The van der Waals surface area contributed by atoms with E-state index in [9.17, 15) is 4.79 Å². The Morgan fingerprint density at radius 1 is 1.26 bits per heavy atom. The van der Waals surface area contributed by atoms with Crippen molar-refractivity contribution < 1.29 is 0 Å². The molecular formula is C14H12ClN3O. The minimum absolute atomic E-state index is 0.0958. The van der Waals surface area contributed by atoms with E-state index >= 15 is 0 Å². The van der Waals surface area contributed by atoms with E-state index in [0.717, 1.165) is 16.5 Å². The molecule has 1 aromatic carbocycles.